The Kier molecular flexibility index (Phi) is 3.87. The molecule has 21 heavy (non-hydrogen) atoms. The molecule has 0 unspecified atom stereocenters. The SMILES string of the molecule is Cc1cc(C)c2c(c1)N(CCCC(C)(C)C#N)C(=O)C2=O. The van der Waals surface area contributed by atoms with Crippen LogP contribution in [0.15, 0.2) is 12.1 Å². The molecule has 4 heteroatoms. The molecule has 4 nitrogen and oxygen atoms in total. The molecule has 0 bridgehead atoms. The van der Waals surface area contributed by atoms with Gasteiger partial charge in [0, 0.05) is 6.54 Å². The first kappa shape index (κ1) is 15.2. The monoisotopic (exact) mass is 284 g/mol. The van der Waals surface area contributed by atoms with Gasteiger partial charge in [0.1, 0.15) is 0 Å². The van der Waals surface area contributed by atoms with Gasteiger partial charge in [0.15, 0.2) is 0 Å². The van der Waals surface area contributed by atoms with Crippen molar-refractivity contribution in [3.8, 4) is 6.07 Å². The Labute approximate surface area is 125 Å². The molecule has 1 aromatic carbocycles. The second-order valence-corrected chi connectivity index (χ2v) is 6.36. The number of benzene rings is 1. The largest absolute Gasteiger partial charge is 0.305 e. The predicted octanol–water partition coefficient (Wildman–Crippen LogP) is 3.16. The lowest BCUT2D eigenvalue weighted by Gasteiger charge is -2.20. The normalized spacial score (nSPS) is 14.3. The predicted molar refractivity (Wildman–Crippen MR) is 81.2 cm³/mol. The molecule has 0 aliphatic carbocycles. The fourth-order valence-electron chi connectivity index (χ4n) is 2.75. The lowest BCUT2D eigenvalue weighted by atomic mass is 9.90. The van der Waals surface area contributed by atoms with Crippen LogP contribution < -0.4 is 4.90 Å². The van der Waals surface area contributed by atoms with Gasteiger partial charge in [-0.05, 0) is 57.7 Å². The summed E-state index contributed by atoms with van der Waals surface area (Å²) in [7, 11) is 0. The minimum Gasteiger partial charge on any atom is -0.305 e. The molecule has 0 saturated carbocycles. The average molecular weight is 284 g/mol. The van der Waals surface area contributed by atoms with Crippen molar-refractivity contribution >= 4 is 17.4 Å². The number of carbonyl (C=O) groups is 2. The number of fused-ring (bicyclic) bond motifs is 1. The summed E-state index contributed by atoms with van der Waals surface area (Å²) in [5.41, 5.74) is 2.74. The molecule has 1 aliphatic rings. The van der Waals surface area contributed by atoms with E-state index in [0.29, 0.717) is 24.9 Å². The van der Waals surface area contributed by atoms with Crippen molar-refractivity contribution in [3.05, 3.63) is 28.8 Å². The molecule has 0 radical (unpaired) electrons. The molecule has 0 saturated heterocycles. The molecule has 0 N–H and O–H groups in total. The maximum absolute atomic E-state index is 12.2. The third-order valence-corrected chi connectivity index (χ3v) is 3.90. The second kappa shape index (κ2) is 5.33. The zero-order chi connectivity index (χ0) is 15.8. The van der Waals surface area contributed by atoms with E-state index >= 15 is 0 Å². The van der Waals surface area contributed by atoms with E-state index in [-0.39, 0.29) is 0 Å². The minimum absolute atomic E-state index is 0.405. The summed E-state index contributed by atoms with van der Waals surface area (Å²) in [4.78, 5) is 25.8. The van der Waals surface area contributed by atoms with Crippen molar-refractivity contribution in [3.63, 3.8) is 0 Å². The molecular formula is C17H20N2O2. The number of ketones is 1. The summed E-state index contributed by atoms with van der Waals surface area (Å²) in [5.74, 6) is -0.865. The molecule has 0 spiro atoms. The maximum atomic E-state index is 12.2. The highest BCUT2D eigenvalue weighted by Crippen LogP contribution is 2.33. The number of hydrogen-bond donors (Lipinski definition) is 0. The Morgan fingerprint density at radius 2 is 1.90 bits per heavy atom. The van der Waals surface area contributed by atoms with Crippen molar-refractivity contribution in [1.82, 2.24) is 0 Å². The number of nitriles is 1. The number of carbonyl (C=O) groups excluding carboxylic acids is 2. The van der Waals surface area contributed by atoms with Crippen molar-refractivity contribution in [2.75, 3.05) is 11.4 Å². The van der Waals surface area contributed by atoms with Gasteiger partial charge in [0.2, 0.25) is 0 Å². The van der Waals surface area contributed by atoms with Gasteiger partial charge in [-0.2, -0.15) is 5.26 Å². The van der Waals surface area contributed by atoms with E-state index in [1.807, 2.05) is 39.8 Å². The Morgan fingerprint density at radius 3 is 2.52 bits per heavy atom. The van der Waals surface area contributed by atoms with Gasteiger partial charge >= 0.3 is 0 Å². The van der Waals surface area contributed by atoms with Crippen molar-refractivity contribution < 1.29 is 9.59 Å². The van der Waals surface area contributed by atoms with Crippen molar-refractivity contribution in [1.29, 1.82) is 5.26 Å². The summed E-state index contributed by atoms with van der Waals surface area (Å²) in [5, 5.41) is 9.03. The van der Waals surface area contributed by atoms with Crippen LogP contribution in [0.4, 0.5) is 5.69 Å². The molecule has 0 atom stereocenters. The van der Waals surface area contributed by atoms with Crippen molar-refractivity contribution in [2.45, 2.75) is 40.5 Å². The number of aryl methyl sites for hydroxylation is 2. The lowest BCUT2D eigenvalue weighted by Crippen LogP contribution is -2.31. The van der Waals surface area contributed by atoms with Gasteiger partial charge in [-0.15, -0.1) is 0 Å². The summed E-state index contributed by atoms with van der Waals surface area (Å²) in [6.07, 6.45) is 1.40. The van der Waals surface area contributed by atoms with E-state index in [9.17, 15) is 9.59 Å². The molecule has 0 aromatic heterocycles. The number of nitrogens with zero attached hydrogens (tertiary/aromatic N) is 2. The van der Waals surface area contributed by atoms with E-state index < -0.39 is 17.1 Å². The Balaban J connectivity index is 2.22. The fraction of sp³-hybridized carbons (Fsp3) is 0.471. The highest BCUT2D eigenvalue weighted by Gasteiger charge is 2.37. The number of rotatable bonds is 4. The van der Waals surface area contributed by atoms with Crippen LogP contribution in [-0.4, -0.2) is 18.2 Å². The smallest absolute Gasteiger partial charge is 0.299 e. The van der Waals surface area contributed by atoms with Crippen LogP contribution in [0.5, 0.6) is 0 Å². The van der Waals surface area contributed by atoms with E-state index in [2.05, 4.69) is 6.07 Å². The van der Waals surface area contributed by atoms with Crippen LogP contribution in [0.1, 0.15) is 48.2 Å². The molecule has 1 aliphatic heterocycles. The molecule has 110 valence electrons. The van der Waals surface area contributed by atoms with Crippen LogP contribution in [0.2, 0.25) is 0 Å². The zero-order valence-corrected chi connectivity index (χ0v) is 13.0. The summed E-state index contributed by atoms with van der Waals surface area (Å²) < 4.78 is 0. The Bertz CT molecular complexity index is 653. The van der Waals surface area contributed by atoms with E-state index in [1.165, 1.54) is 0 Å². The van der Waals surface area contributed by atoms with Crippen LogP contribution in [0.3, 0.4) is 0 Å². The first-order valence-corrected chi connectivity index (χ1v) is 7.15. The van der Waals surface area contributed by atoms with Gasteiger partial charge in [0.05, 0.1) is 22.7 Å². The average Bonchev–Trinajstić information content (AvgIpc) is 2.63. The van der Waals surface area contributed by atoms with Crippen LogP contribution in [0, 0.1) is 30.6 Å². The van der Waals surface area contributed by atoms with Crippen LogP contribution in [0.25, 0.3) is 0 Å². The van der Waals surface area contributed by atoms with E-state index in [0.717, 1.165) is 16.8 Å². The minimum atomic E-state index is -0.450. The lowest BCUT2D eigenvalue weighted by molar-refractivity contribution is -0.114. The van der Waals surface area contributed by atoms with Gasteiger partial charge in [-0.1, -0.05) is 6.07 Å². The van der Waals surface area contributed by atoms with E-state index in [4.69, 9.17) is 5.26 Å². The number of anilines is 1. The quantitative estimate of drug-likeness (QED) is 0.798. The summed E-state index contributed by atoms with van der Waals surface area (Å²) >= 11 is 0. The third-order valence-electron chi connectivity index (χ3n) is 3.90. The first-order chi connectivity index (χ1) is 9.76. The number of hydrogen-bond acceptors (Lipinski definition) is 3. The molecular weight excluding hydrogens is 264 g/mol. The molecule has 1 heterocycles. The summed E-state index contributed by atoms with van der Waals surface area (Å²) in [6, 6.07) is 6.07. The van der Waals surface area contributed by atoms with Gasteiger partial charge < -0.3 is 4.90 Å². The number of Topliss-reactive ketones (excluding diaryl/α,β-unsaturated/α-hetero) is 1. The van der Waals surface area contributed by atoms with Crippen LogP contribution in [-0.2, 0) is 4.79 Å². The highest BCUT2D eigenvalue weighted by molar-refractivity contribution is 6.52. The van der Waals surface area contributed by atoms with Crippen LogP contribution >= 0.6 is 0 Å². The van der Waals surface area contributed by atoms with Crippen molar-refractivity contribution in [2.24, 2.45) is 5.41 Å². The fourth-order valence-corrected chi connectivity index (χ4v) is 2.75. The topological polar surface area (TPSA) is 61.2 Å². The third kappa shape index (κ3) is 2.82. The molecule has 1 aromatic rings. The number of amides is 1. The van der Waals surface area contributed by atoms with Gasteiger partial charge in [0.25, 0.3) is 11.7 Å². The summed E-state index contributed by atoms with van der Waals surface area (Å²) in [6.45, 7) is 8.06. The first-order valence-electron chi connectivity index (χ1n) is 7.15. The highest BCUT2D eigenvalue weighted by atomic mass is 16.2. The molecule has 2 rings (SSSR count). The van der Waals surface area contributed by atoms with Gasteiger partial charge in [-0.25, -0.2) is 0 Å². The molecule has 0 fully saturated rings. The standard InChI is InChI=1S/C17H20N2O2/c1-11-8-12(2)14-13(9-11)19(16(21)15(14)20)7-5-6-17(3,4)10-18/h8-9H,5-7H2,1-4H3. The zero-order valence-electron chi connectivity index (χ0n) is 13.0. The molecule has 1 amide bonds. The Hall–Kier alpha value is -2.15. The second-order valence-electron chi connectivity index (χ2n) is 6.36. The maximum Gasteiger partial charge on any atom is 0.299 e. The Morgan fingerprint density at radius 1 is 1.24 bits per heavy atom. The van der Waals surface area contributed by atoms with Gasteiger partial charge in [-0.3, -0.25) is 9.59 Å². The van der Waals surface area contributed by atoms with E-state index in [1.54, 1.807) is 4.90 Å².